The summed E-state index contributed by atoms with van der Waals surface area (Å²) in [7, 11) is -2.06. The Bertz CT molecular complexity index is 554. The van der Waals surface area contributed by atoms with E-state index in [0.29, 0.717) is 17.3 Å². The van der Waals surface area contributed by atoms with Gasteiger partial charge in [-0.05, 0) is 44.0 Å². The molecule has 1 saturated heterocycles. The molecule has 0 atom stereocenters. The highest BCUT2D eigenvalue weighted by molar-refractivity contribution is 7.89. The molecule has 1 aromatic carbocycles. The van der Waals surface area contributed by atoms with Crippen LogP contribution in [0, 0.1) is 5.92 Å². The van der Waals surface area contributed by atoms with E-state index in [1.165, 1.54) is 13.1 Å². The fourth-order valence-electron chi connectivity index (χ4n) is 2.18. The molecule has 2 rings (SSSR count). The second kappa shape index (κ2) is 6.43. The zero-order chi connectivity index (χ0) is 14.6. The fourth-order valence-corrected chi connectivity index (χ4v) is 2.93. The van der Waals surface area contributed by atoms with Crippen LogP contribution in [0.25, 0.3) is 0 Å². The van der Waals surface area contributed by atoms with Crippen molar-refractivity contribution in [1.29, 1.82) is 0 Å². The highest BCUT2D eigenvalue weighted by atomic mass is 32.2. The molecule has 1 heterocycles. The Morgan fingerprint density at radius 1 is 1.35 bits per heavy atom. The third kappa shape index (κ3) is 3.62. The van der Waals surface area contributed by atoms with Crippen LogP contribution in [0.3, 0.4) is 0 Å². The van der Waals surface area contributed by atoms with Crippen LogP contribution in [0.5, 0.6) is 0 Å². The Hall–Kier alpha value is -1.31. The number of hydrogen-bond donors (Lipinski definition) is 3. The summed E-state index contributed by atoms with van der Waals surface area (Å²) in [6.07, 6.45) is 2.03. The number of nitrogens with two attached hydrogens (primary N) is 1. The van der Waals surface area contributed by atoms with Gasteiger partial charge in [-0.2, -0.15) is 0 Å². The zero-order valence-corrected chi connectivity index (χ0v) is 12.4. The normalized spacial score (nSPS) is 17.1. The molecular formula is C13H21N3O3S. The van der Waals surface area contributed by atoms with E-state index < -0.39 is 10.0 Å². The van der Waals surface area contributed by atoms with Crippen molar-refractivity contribution in [2.24, 2.45) is 5.92 Å². The summed E-state index contributed by atoms with van der Waals surface area (Å²) in [6, 6.07) is 4.68. The first-order valence-electron chi connectivity index (χ1n) is 6.67. The molecule has 0 amide bonds. The van der Waals surface area contributed by atoms with Crippen LogP contribution >= 0.6 is 0 Å². The number of nitrogen functional groups attached to an aromatic ring is 1. The molecular weight excluding hydrogens is 278 g/mol. The molecule has 0 aliphatic carbocycles. The van der Waals surface area contributed by atoms with Crippen molar-refractivity contribution in [2.45, 2.75) is 17.7 Å². The summed E-state index contributed by atoms with van der Waals surface area (Å²) in [6.45, 7) is 2.35. The summed E-state index contributed by atoms with van der Waals surface area (Å²) in [5.41, 5.74) is 7.10. The van der Waals surface area contributed by atoms with Gasteiger partial charge >= 0.3 is 0 Å². The number of benzene rings is 1. The third-order valence-corrected chi connectivity index (χ3v) is 4.94. The quantitative estimate of drug-likeness (QED) is 0.706. The Balaban J connectivity index is 2.08. The Morgan fingerprint density at radius 3 is 2.70 bits per heavy atom. The van der Waals surface area contributed by atoms with Gasteiger partial charge in [0.05, 0.1) is 16.3 Å². The van der Waals surface area contributed by atoms with Crippen LogP contribution in [0.15, 0.2) is 23.1 Å². The number of ether oxygens (including phenoxy) is 1. The molecule has 0 saturated carbocycles. The maximum Gasteiger partial charge on any atom is 0.240 e. The lowest BCUT2D eigenvalue weighted by molar-refractivity contribution is 0.0699. The van der Waals surface area contributed by atoms with E-state index in [9.17, 15) is 8.42 Å². The van der Waals surface area contributed by atoms with E-state index in [4.69, 9.17) is 10.5 Å². The minimum atomic E-state index is -3.45. The van der Waals surface area contributed by atoms with Crippen molar-refractivity contribution in [2.75, 3.05) is 37.9 Å². The first kappa shape index (κ1) is 15.1. The van der Waals surface area contributed by atoms with Gasteiger partial charge in [-0.25, -0.2) is 13.1 Å². The summed E-state index contributed by atoms with van der Waals surface area (Å²) in [5, 5.41) is 3.25. The lowest BCUT2D eigenvalue weighted by atomic mass is 10.0. The van der Waals surface area contributed by atoms with Crippen molar-refractivity contribution in [1.82, 2.24) is 4.72 Å². The van der Waals surface area contributed by atoms with Crippen LogP contribution < -0.4 is 15.8 Å². The number of hydrogen-bond acceptors (Lipinski definition) is 5. The van der Waals surface area contributed by atoms with Crippen molar-refractivity contribution < 1.29 is 13.2 Å². The summed E-state index contributed by atoms with van der Waals surface area (Å²) in [5.74, 6) is 0.535. The van der Waals surface area contributed by atoms with Crippen molar-refractivity contribution in [3.63, 3.8) is 0 Å². The van der Waals surface area contributed by atoms with Crippen molar-refractivity contribution >= 4 is 21.4 Å². The molecule has 1 aromatic rings. The predicted octanol–water partition coefficient (Wildman–Crippen LogP) is 1.02. The highest BCUT2D eigenvalue weighted by Gasteiger charge is 2.16. The molecule has 0 spiro atoms. The van der Waals surface area contributed by atoms with Gasteiger partial charge in [-0.3, -0.25) is 0 Å². The smallest absolute Gasteiger partial charge is 0.240 e. The van der Waals surface area contributed by atoms with Crippen LogP contribution in [0.4, 0.5) is 11.4 Å². The van der Waals surface area contributed by atoms with Crippen molar-refractivity contribution in [3.05, 3.63) is 18.2 Å². The minimum absolute atomic E-state index is 0.212. The van der Waals surface area contributed by atoms with Gasteiger partial charge in [0.2, 0.25) is 10.0 Å². The second-order valence-electron chi connectivity index (χ2n) is 4.89. The lowest BCUT2D eigenvalue weighted by Crippen LogP contribution is -2.23. The van der Waals surface area contributed by atoms with E-state index in [0.717, 1.165) is 32.6 Å². The molecule has 112 valence electrons. The topological polar surface area (TPSA) is 93.5 Å². The van der Waals surface area contributed by atoms with Gasteiger partial charge in [-0.15, -0.1) is 0 Å². The zero-order valence-electron chi connectivity index (χ0n) is 11.6. The number of sulfonamides is 1. The minimum Gasteiger partial charge on any atom is -0.397 e. The van der Waals surface area contributed by atoms with E-state index >= 15 is 0 Å². The van der Waals surface area contributed by atoms with Gasteiger partial charge < -0.3 is 15.8 Å². The van der Waals surface area contributed by atoms with Crippen LogP contribution in [-0.2, 0) is 14.8 Å². The molecule has 6 nitrogen and oxygen atoms in total. The number of anilines is 2. The first-order chi connectivity index (χ1) is 9.53. The molecule has 1 aliphatic heterocycles. The summed E-state index contributed by atoms with van der Waals surface area (Å²) < 4.78 is 31.2. The lowest BCUT2D eigenvalue weighted by Gasteiger charge is -2.23. The Kier molecular flexibility index (Phi) is 4.85. The molecule has 1 fully saturated rings. The van der Waals surface area contributed by atoms with E-state index in [2.05, 4.69) is 10.0 Å². The predicted molar refractivity (Wildman–Crippen MR) is 79.1 cm³/mol. The average Bonchev–Trinajstić information content (AvgIpc) is 2.47. The number of rotatable bonds is 5. The molecule has 4 N–H and O–H groups in total. The van der Waals surface area contributed by atoms with Gasteiger partial charge in [0.1, 0.15) is 0 Å². The maximum absolute atomic E-state index is 11.8. The average molecular weight is 299 g/mol. The molecule has 0 unspecified atom stereocenters. The fraction of sp³-hybridized carbons (Fsp3) is 0.538. The second-order valence-corrected chi connectivity index (χ2v) is 6.78. The highest BCUT2D eigenvalue weighted by Crippen LogP contribution is 2.24. The number of nitrogens with one attached hydrogen (secondary N) is 2. The first-order valence-corrected chi connectivity index (χ1v) is 8.16. The third-order valence-electron chi connectivity index (χ3n) is 3.53. The molecule has 0 bridgehead atoms. The molecule has 20 heavy (non-hydrogen) atoms. The Morgan fingerprint density at radius 2 is 2.05 bits per heavy atom. The molecule has 0 aromatic heterocycles. The molecule has 7 heteroatoms. The van der Waals surface area contributed by atoms with E-state index in [1.54, 1.807) is 12.1 Å². The van der Waals surface area contributed by atoms with E-state index in [1.807, 2.05) is 0 Å². The largest absolute Gasteiger partial charge is 0.397 e. The van der Waals surface area contributed by atoms with Crippen LogP contribution in [-0.4, -0.2) is 35.2 Å². The van der Waals surface area contributed by atoms with Crippen LogP contribution in [0.2, 0.25) is 0 Å². The van der Waals surface area contributed by atoms with E-state index in [-0.39, 0.29) is 4.90 Å². The van der Waals surface area contributed by atoms with Crippen molar-refractivity contribution in [3.8, 4) is 0 Å². The SMILES string of the molecule is CNS(=O)(=O)c1ccc(N)c(NCC2CCOCC2)c1. The van der Waals surface area contributed by atoms with Gasteiger partial charge in [0.15, 0.2) is 0 Å². The Labute approximate surface area is 119 Å². The van der Waals surface area contributed by atoms with Crippen LogP contribution in [0.1, 0.15) is 12.8 Å². The summed E-state index contributed by atoms with van der Waals surface area (Å²) >= 11 is 0. The van der Waals surface area contributed by atoms with Gasteiger partial charge in [0, 0.05) is 19.8 Å². The molecule has 0 radical (unpaired) electrons. The monoisotopic (exact) mass is 299 g/mol. The molecule has 1 aliphatic rings. The standard InChI is InChI=1S/C13H21N3O3S/c1-15-20(17,18)11-2-3-12(14)13(8-11)16-9-10-4-6-19-7-5-10/h2-3,8,10,15-16H,4-7,9,14H2,1H3. The maximum atomic E-state index is 11.8. The van der Waals surface area contributed by atoms with Gasteiger partial charge in [-0.1, -0.05) is 0 Å². The summed E-state index contributed by atoms with van der Waals surface area (Å²) in [4.78, 5) is 0.212. The van der Waals surface area contributed by atoms with Gasteiger partial charge in [0.25, 0.3) is 0 Å².